The number of ether oxygens (including phenoxy) is 1. The molecule has 1 aromatic heterocycles. The minimum absolute atomic E-state index is 0.726. The van der Waals surface area contributed by atoms with E-state index in [4.69, 9.17) is 4.74 Å². The molecule has 0 amide bonds. The summed E-state index contributed by atoms with van der Waals surface area (Å²) in [7, 11) is 0. The summed E-state index contributed by atoms with van der Waals surface area (Å²) in [5, 5.41) is 3.69. The van der Waals surface area contributed by atoms with Gasteiger partial charge in [0, 0.05) is 28.6 Å². The number of quaternary nitrogens is 1. The van der Waals surface area contributed by atoms with Crippen LogP contribution < -0.4 is 10.1 Å². The van der Waals surface area contributed by atoms with E-state index in [1.54, 1.807) is 0 Å². The molecule has 0 saturated heterocycles. The zero-order chi connectivity index (χ0) is 11.0. The third-order valence-corrected chi connectivity index (χ3v) is 3.22. The Balaban J connectivity index is 2.13. The first-order chi connectivity index (χ1) is 7.88. The van der Waals surface area contributed by atoms with E-state index in [0.29, 0.717) is 0 Å². The van der Waals surface area contributed by atoms with E-state index in [1.807, 2.05) is 13.0 Å². The molecule has 2 aromatic rings. The number of fused-ring (bicyclic) bond motifs is 3. The van der Waals surface area contributed by atoms with Crippen LogP contribution >= 0.6 is 0 Å². The number of nitrogens with one attached hydrogen (secondary N) is 1. The molecule has 2 heterocycles. The highest BCUT2D eigenvalue weighted by molar-refractivity contribution is 5.86. The average molecular weight is 217 g/mol. The van der Waals surface area contributed by atoms with E-state index in [2.05, 4.69) is 22.4 Å². The van der Waals surface area contributed by atoms with Gasteiger partial charge in [-0.05, 0) is 25.1 Å². The number of nitrogens with two attached hydrogens (primary N) is 1. The second kappa shape index (κ2) is 3.83. The third-order valence-electron chi connectivity index (χ3n) is 3.22. The van der Waals surface area contributed by atoms with Gasteiger partial charge in [0.15, 0.2) is 0 Å². The molecule has 3 nitrogen and oxygen atoms in total. The Bertz CT molecular complexity index is 516. The molecule has 3 N–H and O–H groups in total. The smallest absolute Gasteiger partial charge is 0.120 e. The van der Waals surface area contributed by atoms with Gasteiger partial charge < -0.3 is 15.0 Å². The lowest BCUT2D eigenvalue weighted by molar-refractivity contribution is -0.673. The van der Waals surface area contributed by atoms with Crippen LogP contribution in [-0.2, 0) is 13.0 Å². The van der Waals surface area contributed by atoms with E-state index in [1.165, 1.54) is 28.7 Å². The fourth-order valence-electron chi connectivity index (χ4n) is 2.48. The molecule has 0 saturated carbocycles. The molecule has 16 heavy (non-hydrogen) atoms. The number of hydrogen-bond donors (Lipinski definition) is 2. The first-order valence-electron chi connectivity index (χ1n) is 5.96. The summed E-state index contributed by atoms with van der Waals surface area (Å²) in [4.78, 5) is 3.51. The quantitative estimate of drug-likeness (QED) is 0.779. The summed E-state index contributed by atoms with van der Waals surface area (Å²) in [6.07, 6.45) is 1.15. The van der Waals surface area contributed by atoms with Gasteiger partial charge >= 0.3 is 0 Å². The van der Waals surface area contributed by atoms with Crippen LogP contribution in [-0.4, -0.2) is 18.1 Å². The van der Waals surface area contributed by atoms with Gasteiger partial charge in [-0.25, -0.2) is 0 Å². The Morgan fingerprint density at radius 1 is 1.44 bits per heavy atom. The predicted octanol–water partition coefficient (Wildman–Crippen LogP) is 1.19. The van der Waals surface area contributed by atoms with Crippen LogP contribution in [0.4, 0.5) is 0 Å². The Hall–Kier alpha value is -1.48. The maximum Gasteiger partial charge on any atom is 0.120 e. The van der Waals surface area contributed by atoms with Crippen molar-refractivity contribution in [2.75, 3.05) is 13.2 Å². The second-order valence-electron chi connectivity index (χ2n) is 4.25. The number of hydrogen-bond acceptors (Lipinski definition) is 1. The first-order valence-corrected chi connectivity index (χ1v) is 5.96. The molecule has 0 aliphatic carbocycles. The maximum absolute atomic E-state index is 5.55. The summed E-state index contributed by atoms with van der Waals surface area (Å²) in [5.74, 6) is 0.974. The van der Waals surface area contributed by atoms with Crippen molar-refractivity contribution in [3.05, 3.63) is 29.5 Å². The highest BCUT2D eigenvalue weighted by atomic mass is 16.5. The third kappa shape index (κ3) is 1.48. The summed E-state index contributed by atoms with van der Waals surface area (Å²) in [6.45, 7) is 5.03. The molecule has 1 aromatic carbocycles. The van der Waals surface area contributed by atoms with Crippen molar-refractivity contribution in [2.24, 2.45) is 0 Å². The zero-order valence-electron chi connectivity index (χ0n) is 9.55. The summed E-state index contributed by atoms with van der Waals surface area (Å²) < 4.78 is 5.55. The van der Waals surface area contributed by atoms with E-state index < -0.39 is 0 Å². The molecule has 1 aliphatic heterocycles. The minimum Gasteiger partial charge on any atom is -0.494 e. The van der Waals surface area contributed by atoms with Crippen LogP contribution in [0.3, 0.4) is 0 Å². The summed E-state index contributed by atoms with van der Waals surface area (Å²) >= 11 is 0. The Kier molecular flexibility index (Phi) is 2.33. The molecular formula is C13H17N2O+. The lowest BCUT2D eigenvalue weighted by atomic mass is 10.1. The molecular weight excluding hydrogens is 200 g/mol. The van der Waals surface area contributed by atoms with E-state index >= 15 is 0 Å². The van der Waals surface area contributed by atoms with Gasteiger partial charge in [0.2, 0.25) is 0 Å². The number of H-pyrrole nitrogens is 1. The minimum atomic E-state index is 0.726. The molecule has 0 fully saturated rings. The largest absolute Gasteiger partial charge is 0.494 e. The SMILES string of the molecule is CCOc1ccc2[nH]c3c(c2c1)C[NH2+]CC3. The van der Waals surface area contributed by atoms with Gasteiger partial charge in [0.1, 0.15) is 12.3 Å². The highest BCUT2D eigenvalue weighted by Crippen LogP contribution is 2.27. The fourth-order valence-corrected chi connectivity index (χ4v) is 2.48. The number of benzene rings is 1. The van der Waals surface area contributed by atoms with Gasteiger partial charge in [-0.1, -0.05) is 0 Å². The summed E-state index contributed by atoms with van der Waals surface area (Å²) in [6, 6.07) is 6.32. The van der Waals surface area contributed by atoms with E-state index in [-0.39, 0.29) is 0 Å². The van der Waals surface area contributed by atoms with Crippen molar-refractivity contribution in [2.45, 2.75) is 19.9 Å². The van der Waals surface area contributed by atoms with Crippen LogP contribution in [0, 0.1) is 0 Å². The highest BCUT2D eigenvalue weighted by Gasteiger charge is 2.17. The van der Waals surface area contributed by atoms with E-state index in [9.17, 15) is 0 Å². The molecule has 0 radical (unpaired) electrons. The molecule has 0 bridgehead atoms. The van der Waals surface area contributed by atoms with Gasteiger partial charge in [-0.3, -0.25) is 0 Å². The molecule has 0 unspecified atom stereocenters. The Morgan fingerprint density at radius 3 is 3.25 bits per heavy atom. The molecule has 3 heteroatoms. The van der Waals surface area contributed by atoms with Crippen LogP contribution in [0.25, 0.3) is 10.9 Å². The molecule has 1 aliphatic rings. The lowest BCUT2D eigenvalue weighted by Crippen LogP contribution is -2.84. The Morgan fingerprint density at radius 2 is 2.38 bits per heavy atom. The van der Waals surface area contributed by atoms with E-state index in [0.717, 1.165) is 25.3 Å². The number of rotatable bonds is 2. The molecule has 84 valence electrons. The van der Waals surface area contributed by atoms with Crippen molar-refractivity contribution >= 4 is 10.9 Å². The number of aromatic nitrogens is 1. The zero-order valence-corrected chi connectivity index (χ0v) is 9.55. The second-order valence-corrected chi connectivity index (χ2v) is 4.25. The average Bonchev–Trinajstić information content (AvgIpc) is 2.68. The van der Waals surface area contributed by atoms with Gasteiger partial charge in [-0.15, -0.1) is 0 Å². The lowest BCUT2D eigenvalue weighted by Gasteiger charge is -2.09. The first kappa shape index (κ1) is 9.73. The van der Waals surface area contributed by atoms with Crippen molar-refractivity contribution in [3.63, 3.8) is 0 Å². The van der Waals surface area contributed by atoms with Crippen LogP contribution in [0.5, 0.6) is 5.75 Å². The normalized spacial score (nSPS) is 15.1. The van der Waals surface area contributed by atoms with Gasteiger partial charge in [0.25, 0.3) is 0 Å². The maximum atomic E-state index is 5.55. The van der Waals surface area contributed by atoms with Crippen LogP contribution in [0.1, 0.15) is 18.2 Å². The van der Waals surface area contributed by atoms with Crippen molar-refractivity contribution < 1.29 is 10.1 Å². The van der Waals surface area contributed by atoms with Crippen molar-refractivity contribution in [1.29, 1.82) is 0 Å². The topological polar surface area (TPSA) is 41.6 Å². The molecule has 0 atom stereocenters. The van der Waals surface area contributed by atoms with Gasteiger partial charge in [0.05, 0.1) is 13.2 Å². The van der Waals surface area contributed by atoms with Gasteiger partial charge in [-0.2, -0.15) is 0 Å². The molecule has 3 rings (SSSR count). The summed E-state index contributed by atoms with van der Waals surface area (Å²) in [5.41, 5.74) is 4.11. The monoisotopic (exact) mass is 217 g/mol. The standard InChI is InChI=1S/C13H16N2O/c1-2-16-9-3-4-12-10(7-9)11-8-14-6-5-13(11)15-12/h3-4,7,14-15H,2,5-6,8H2,1H3/p+1. The molecule has 0 spiro atoms. The number of aromatic amines is 1. The fraction of sp³-hybridized carbons (Fsp3) is 0.385. The van der Waals surface area contributed by atoms with Crippen LogP contribution in [0.15, 0.2) is 18.2 Å². The van der Waals surface area contributed by atoms with Crippen LogP contribution in [0.2, 0.25) is 0 Å². The predicted molar refractivity (Wildman–Crippen MR) is 63.7 cm³/mol. The Labute approximate surface area is 94.8 Å². The van der Waals surface area contributed by atoms with Crippen molar-refractivity contribution in [3.8, 4) is 5.75 Å². The van der Waals surface area contributed by atoms with Crippen molar-refractivity contribution in [1.82, 2.24) is 4.98 Å².